The zero-order valence-corrected chi connectivity index (χ0v) is 12.0. The van der Waals surface area contributed by atoms with Crippen LogP contribution in [-0.2, 0) is 4.79 Å². The molecule has 3 N–H and O–H groups in total. The molecule has 114 valence electrons. The molecule has 1 saturated carbocycles. The van der Waals surface area contributed by atoms with Gasteiger partial charge in [-0.05, 0) is 25.0 Å². The fraction of sp³-hybridized carbons (Fsp3) is 0.467. The summed E-state index contributed by atoms with van der Waals surface area (Å²) in [5, 5.41) is 9.07. The van der Waals surface area contributed by atoms with Crippen LogP contribution in [0.4, 0.5) is 5.69 Å². The Kier molecular flexibility index (Phi) is 4.67. The van der Waals surface area contributed by atoms with Crippen LogP contribution in [0.5, 0.6) is 5.75 Å². The number of carbonyl (C=O) groups is 2. The van der Waals surface area contributed by atoms with Gasteiger partial charge in [-0.2, -0.15) is 0 Å². The van der Waals surface area contributed by atoms with E-state index in [2.05, 4.69) is 0 Å². The van der Waals surface area contributed by atoms with E-state index in [1.807, 2.05) is 0 Å². The number of amides is 1. The molecule has 0 atom stereocenters. The number of carboxylic acids is 1. The third kappa shape index (κ3) is 3.45. The molecular formula is C15H20N2O4. The fourth-order valence-corrected chi connectivity index (χ4v) is 2.77. The second-order valence-electron chi connectivity index (χ2n) is 5.22. The number of nitrogens with two attached hydrogens (primary N) is 1. The molecule has 0 bridgehead atoms. The molecule has 0 radical (unpaired) electrons. The molecule has 1 fully saturated rings. The topological polar surface area (TPSA) is 92.9 Å². The highest BCUT2D eigenvalue weighted by Crippen LogP contribution is 2.28. The summed E-state index contributed by atoms with van der Waals surface area (Å²) in [6.45, 7) is -0.295. The smallest absolute Gasteiger partial charge is 0.323 e. The third-order valence-electron chi connectivity index (χ3n) is 3.79. The number of benzene rings is 1. The second-order valence-corrected chi connectivity index (χ2v) is 5.22. The van der Waals surface area contributed by atoms with Gasteiger partial charge in [0.05, 0.1) is 12.7 Å². The number of rotatable bonds is 5. The number of aliphatic carboxylic acids is 1. The summed E-state index contributed by atoms with van der Waals surface area (Å²) in [7, 11) is 1.46. The molecule has 6 nitrogen and oxygen atoms in total. The van der Waals surface area contributed by atoms with Crippen LogP contribution in [0, 0.1) is 0 Å². The molecule has 1 aliphatic rings. The molecule has 0 heterocycles. The van der Waals surface area contributed by atoms with Gasteiger partial charge in [-0.1, -0.05) is 12.8 Å². The minimum absolute atomic E-state index is 0.0177. The summed E-state index contributed by atoms with van der Waals surface area (Å²) in [4.78, 5) is 25.2. The van der Waals surface area contributed by atoms with Gasteiger partial charge >= 0.3 is 5.97 Å². The molecule has 0 saturated heterocycles. The molecule has 6 heteroatoms. The Bertz CT molecular complexity index is 538. The van der Waals surface area contributed by atoms with E-state index in [0.29, 0.717) is 17.0 Å². The largest absolute Gasteiger partial charge is 0.496 e. The summed E-state index contributed by atoms with van der Waals surface area (Å²) in [6.07, 6.45) is 3.73. The lowest BCUT2D eigenvalue weighted by Crippen LogP contribution is -2.42. The molecule has 1 aromatic rings. The number of carbonyl (C=O) groups excluding carboxylic acids is 1. The number of nitrogens with zero attached hydrogens (tertiary/aromatic N) is 1. The fourth-order valence-electron chi connectivity index (χ4n) is 2.77. The lowest BCUT2D eigenvalue weighted by molar-refractivity contribution is -0.138. The molecule has 0 aliphatic heterocycles. The number of carboxylic acid groups (broad SMARTS) is 1. The SMILES string of the molecule is COc1cc(N)ccc1C(=O)N(CC(=O)O)C1CCCC1. The van der Waals surface area contributed by atoms with Gasteiger partial charge in [0.15, 0.2) is 0 Å². The van der Waals surface area contributed by atoms with E-state index in [1.54, 1.807) is 18.2 Å². The standard InChI is InChI=1S/C15H20N2O4/c1-21-13-8-10(16)6-7-12(13)15(20)17(9-14(18)19)11-4-2-3-5-11/h6-8,11H,2-5,9,16H2,1H3,(H,18,19). The van der Waals surface area contributed by atoms with E-state index in [1.165, 1.54) is 12.0 Å². The van der Waals surface area contributed by atoms with Crippen LogP contribution in [0.25, 0.3) is 0 Å². The van der Waals surface area contributed by atoms with Gasteiger partial charge in [0.1, 0.15) is 12.3 Å². The Balaban J connectivity index is 2.30. The number of nitrogen functional groups attached to an aromatic ring is 1. The van der Waals surface area contributed by atoms with Crippen molar-refractivity contribution in [3.05, 3.63) is 23.8 Å². The average Bonchev–Trinajstić information content (AvgIpc) is 2.97. The minimum Gasteiger partial charge on any atom is -0.496 e. The normalized spacial score (nSPS) is 14.9. The Labute approximate surface area is 123 Å². The van der Waals surface area contributed by atoms with Crippen molar-refractivity contribution >= 4 is 17.6 Å². The first-order valence-corrected chi connectivity index (χ1v) is 6.99. The van der Waals surface area contributed by atoms with E-state index in [9.17, 15) is 9.59 Å². The van der Waals surface area contributed by atoms with Crippen LogP contribution in [0.2, 0.25) is 0 Å². The average molecular weight is 292 g/mol. The molecular weight excluding hydrogens is 272 g/mol. The molecule has 0 aromatic heterocycles. The van der Waals surface area contributed by atoms with E-state index >= 15 is 0 Å². The van der Waals surface area contributed by atoms with Gasteiger partial charge in [0.2, 0.25) is 0 Å². The van der Waals surface area contributed by atoms with Gasteiger partial charge in [-0.25, -0.2) is 0 Å². The van der Waals surface area contributed by atoms with Crippen molar-refractivity contribution < 1.29 is 19.4 Å². The van der Waals surface area contributed by atoms with E-state index in [-0.39, 0.29) is 18.5 Å². The molecule has 1 amide bonds. The van der Waals surface area contributed by atoms with E-state index in [4.69, 9.17) is 15.6 Å². The summed E-state index contributed by atoms with van der Waals surface area (Å²) in [5.74, 6) is -0.959. The Morgan fingerprint density at radius 3 is 2.62 bits per heavy atom. The minimum atomic E-state index is -1.01. The van der Waals surface area contributed by atoms with Crippen LogP contribution < -0.4 is 10.5 Å². The predicted octanol–water partition coefficient (Wildman–Crippen LogP) is 1.75. The quantitative estimate of drug-likeness (QED) is 0.806. The first-order chi connectivity index (χ1) is 10.0. The van der Waals surface area contributed by atoms with Crippen molar-refractivity contribution in [2.75, 3.05) is 19.4 Å². The van der Waals surface area contributed by atoms with Crippen molar-refractivity contribution in [1.82, 2.24) is 4.90 Å². The molecule has 0 spiro atoms. The van der Waals surface area contributed by atoms with Gasteiger partial charge in [-0.3, -0.25) is 9.59 Å². The molecule has 1 aromatic carbocycles. The van der Waals surface area contributed by atoms with E-state index in [0.717, 1.165) is 25.7 Å². The van der Waals surface area contributed by atoms with Crippen molar-refractivity contribution in [2.24, 2.45) is 0 Å². The maximum atomic E-state index is 12.7. The zero-order valence-electron chi connectivity index (χ0n) is 12.0. The predicted molar refractivity (Wildman–Crippen MR) is 78.3 cm³/mol. The van der Waals surface area contributed by atoms with Crippen LogP contribution in [0.3, 0.4) is 0 Å². The van der Waals surface area contributed by atoms with E-state index < -0.39 is 5.97 Å². The van der Waals surface area contributed by atoms with Crippen molar-refractivity contribution in [3.8, 4) is 5.75 Å². The Morgan fingerprint density at radius 2 is 2.05 bits per heavy atom. The molecule has 0 unspecified atom stereocenters. The van der Waals surface area contributed by atoms with Gasteiger partial charge in [0, 0.05) is 17.8 Å². The highest BCUT2D eigenvalue weighted by atomic mass is 16.5. The lowest BCUT2D eigenvalue weighted by Gasteiger charge is -2.28. The van der Waals surface area contributed by atoms with Crippen LogP contribution in [-0.4, -0.2) is 41.6 Å². The monoisotopic (exact) mass is 292 g/mol. The highest BCUT2D eigenvalue weighted by molar-refractivity contribution is 5.99. The van der Waals surface area contributed by atoms with Crippen molar-refractivity contribution in [2.45, 2.75) is 31.7 Å². The van der Waals surface area contributed by atoms with Crippen LogP contribution in [0.15, 0.2) is 18.2 Å². The number of hydrogen-bond acceptors (Lipinski definition) is 4. The summed E-state index contributed by atoms with van der Waals surface area (Å²) >= 11 is 0. The second kappa shape index (κ2) is 6.47. The molecule has 21 heavy (non-hydrogen) atoms. The Hall–Kier alpha value is -2.24. The molecule has 1 aliphatic carbocycles. The van der Waals surface area contributed by atoms with Crippen LogP contribution >= 0.6 is 0 Å². The number of hydrogen-bond donors (Lipinski definition) is 2. The summed E-state index contributed by atoms with van der Waals surface area (Å²) < 4.78 is 5.19. The lowest BCUT2D eigenvalue weighted by atomic mass is 10.1. The van der Waals surface area contributed by atoms with Gasteiger partial charge < -0.3 is 20.5 Å². The first kappa shape index (κ1) is 15.2. The Morgan fingerprint density at radius 1 is 1.38 bits per heavy atom. The maximum Gasteiger partial charge on any atom is 0.323 e. The number of anilines is 1. The summed E-state index contributed by atoms with van der Waals surface area (Å²) in [5.41, 5.74) is 6.52. The number of methoxy groups -OCH3 is 1. The van der Waals surface area contributed by atoms with Crippen molar-refractivity contribution in [3.63, 3.8) is 0 Å². The van der Waals surface area contributed by atoms with Gasteiger partial charge in [0.25, 0.3) is 5.91 Å². The molecule has 2 rings (SSSR count). The highest BCUT2D eigenvalue weighted by Gasteiger charge is 2.30. The van der Waals surface area contributed by atoms with Crippen molar-refractivity contribution in [1.29, 1.82) is 0 Å². The van der Waals surface area contributed by atoms with Gasteiger partial charge in [-0.15, -0.1) is 0 Å². The van der Waals surface area contributed by atoms with Crippen LogP contribution in [0.1, 0.15) is 36.0 Å². The number of ether oxygens (including phenoxy) is 1. The third-order valence-corrected chi connectivity index (χ3v) is 3.79. The zero-order chi connectivity index (χ0) is 15.4. The maximum absolute atomic E-state index is 12.7. The summed E-state index contributed by atoms with van der Waals surface area (Å²) in [6, 6.07) is 4.75. The first-order valence-electron chi connectivity index (χ1n) is 6.99.